The first kappa shape index (κ1) is 13.0. The van der Waals surface area contributed by atoms with Crippen LogP contribution >= 0.6 is 0 Å². The highest BCUT2D eigenvalue weighted by Gasteiger charge is 2.12. The van der Waals surface area contributed by atoms with E-state index < -0.39 is 4.92 Å². The molecule has 0 saturated heterocycles. The molecule has 2 aromatic heterocycles. The summed E-state index contributed by atoms with van der Waals surface area (Å²) in [6.45, 7) is 4.40. The average Bonchev–Trinajstić information content (AvgIpc) is 2.81. The molecule has 2 heterocycles. The van der Waals surface area contributed by atoms with E-state index in [4.69, 9.17) is 0 Å². The van der Waals surface area contributed by atoms with Crippen molar-refractivity contribution >= 4 is 11.5 Å². The van der Waals surface area contributed by atoms with Crippen LogP contribution in [0.2, 0.25) is 0 Å². The number of rotatable bonds is 5. The number of aryl methyl sites for hydroxylation is 1. The van der Waals surface area contributed by atoms with Gasteiger partial charge >= 0.3 is 0 Å². The largest absolute Gasteiger partial charge is 0.366 e. The molecule has 2 aromatic rings. The van der Waals surface area contributed by atoms with E-state index in [1.807, 2.05) is 23.9 Å². The van der Waals surface area contributed by atoms with Crippen LogP contribution in [-0.4, -0.2) is 25.7 Å². The quantitative estimate of drug-likeness (QED) is 0.657. The van der Waals surface area contributed by atoms with Crippen molar-refractivity contribution in [3.63, 3.8) is 0 Å². The molecule has 0 aliphatic carbocycles. The standard InChI is InChI=1S/C12H15N5O2/c1-9-6-12(13-7-11(9)17(18)19)15-10(2)8-16-5-3-4-14-16/h3-7,10H,8H2,1-2H3,(H,13,15). The summed E-state index contributed by atoms with van der Waals surface area (Å²) in [6.07, 6.45) is 4.88. The first-order chi connectivity index (χ1) is 9.06. The fourth-order valence-electron chi connectivity index (χ4n) is 1.81. The van der Waals surface area contributed by atoms with Gasteiger partial charge in [-0.1, -0.05) is 0 Å². The molecule has 0 aliphatic heterocycles. The molecule has 0 saturated carbocycles. The monoisotopic (exact) mass is 261 g/mol. The molecule has 7 nitrogen and oxygen atoms in total. The second-order valence-electron chi connectivity index (χ2n) is 4.39. The highest BCUT2D eigenvalue weighted by Crippen LogP contribution is 2.19. The average molecular weight is 261 g/mol. The van der Waals surface area contributed by atoms with E-state index in [0.717, 1.165) is 0 Å². The van der Waals surface area contributed by atoms with Crippen molar-refractivity contribution in [1.82, 2.24) is 14.8 Å². The summed E-state index contributed by atoms with van der Waals surface area (Å²) in [5, 5.41) is 18.0. The Morgan fingerprint density at radius 3 is 2.95 bits per heavy atom. The van der Waals surface area contributed by atoms with Gasteiger partial charge < -0.3 is 5.32 Å². The SMILES string of the molecule is Cc1cc(NC(C)Cn2cccn2)ncc1[N+](=O)[O-]. The number of hydrogen-bond acceptors (Lipinski definition) is 5. The molecular formula is C12H15N5O2. The van der Waals surface area contributed by atoms with Crippen molar-refractivity contribution in [3.8, 4) is 0 Å². The Bertz CT molecular complexity index is 568. The molecule has 0 aliphatic rings. The Labute approximate surface area is 110 Å². The van der Waals surface area contributed by atoms with Crippen LogP contribution < -0.4 is 5.32 Å². The number of nitrogens with one attached hydrogen (secondary N) is 1. The lowest BCUT2D eigenvalue weighted by Crippen LogP contribution is -2.22. The van der Waals surface area contributed by atoms with Crippen molar-refractivity contribution in [2.75, 3.05) is 5.32 Å². The Morgan fingerprint density at radius 2 is 2.37 bits per heavy atom. The molecule has 100 valence electrons. The van der Waals surface area contributed by atoms with Gasteiger partial charge in [-0.15, -0.1) is 0 Å². The zero-order valence-electron chi connectivity index (χ0n) is 10.8. The number of pyridine rings is 1. The molecule has 7 heteroatoms. The summed E-state index contributed by atoms with van der Waals surface area (Å²) < 4.78 is 1.82. The Morgan fingerprint density at radius 1 is 1.58 bits per heavy atom. The second-order valence-corrected chi connectivity index (χ2v) is 4.39. The molecular weight excluding hydrogens is 246 g/mol. The minimum absolute atomic E-state index is 0.0327. The van der Waals surface area contributed by atoms with Crippen molar-refractivity contribution in [3.05, 3.63) is 46.4 Å². The van der Waals surface area contributed by atoms with Crippen molar-refractivity contribution < 1.29 is 4.92 Å². The minimum Gasteiger partial charge on any atom is -0.366 e. The van der Waals surface area contributed by atoms with Crippen LogP contribution in [0.25, 0.3) is 0 Å². The molecule has 1 unspecified atom stereocenters. The predicted molar refractivity (Wildman–Crippen MR) is 70.9 cm³/mol. The lowest BCUT2D eigenvalue weighted by Gasteiger charge is -2.14. The third kappa shape index (κ3) is 3.27. The Kier molecular flexibility index (Phi) is 3.74. The van der Waals surface area contributed by atoms with Gasteiger partial charge in [0.15, 0.2) is 0 Å². The zero-order valence-corrected chi connectivity index (χ0v) is 10.8. The second kappa shape index (κ2) is 5.47. The fraction of sp³-hybridized carbons (Fsp3) is 0.333. The van der Waals surface area contributed by atoms with Gasteiger partial charge in [0.05, 0.1) is 11.5 Å². The van der Waals surface area contributed by atoms with Gasteiger partial charge in [-0.3, -0.25) is 14.8 Å². The van der Waals surface area contributed by atoms with E-state index in [-0.39, 0.29) is 11.7 Å². The van der Waals surface area contributed by atoms with Gasteiger partial charge in [-0.2, -0.15) is 5.10 Å². The first-order valence-electron chi connectivity index (χ1n) is 5.91. The van der Waals surface area contributed by atoms with E-state index in [9.17, 15) is 10.1 Å². The Hall–Kier alpha value is -2.44. The number of nitrogens with zero attached hydrogens (tertiary/aromatic N) is 4. The first-order valence-corrected chi connectivity index (χ1v) is 5.91. The van der Waals surface area contributed by atoms with E-state index in [2.05, 4.69) is 15.4 Å². The molecule has 0 fully saturated rings. The summed E-state index contributed by atoms with van der Waals surface area (Å²) in [6, 6.07) is 3.66. The molecule has 2 rings (SSSR count). The number of aromatic nitrogens is 3. The summed E-state index contributed by atoms with van der Waals surface area (Å²) in [5.74, 6) is 0.628. The van der Waals surface area contributed by atoms with Crippen LogP contribution in [0, 0.1) is 17.0 Å². The molecule has 19 heavy (non-hydrogen) atoms. The van der Waals surface area contributed by atoms with Crippen molar-refractivity contribution in [2.24, 2.45) is 0 Å². The fourth-order valence-corrected chi connectivity index (χ4v) is 1.81. The highest BCUT2D eigenvalue weighted by molar-refractivity contribution is 5.47. The third-order valence-electron chi connectivity index (χ3n) is 2.69. The van der Waals surface area contributed by atoms with Gasteiger partial charge in [-0.05, 0) is 26.0 Å². The molecule has 0 bridgehead atoms. The van der Waals surface area contributed by atoms with Crippen molar-refractivity contribution in [1.29, 1.82) is 0 Å². The number of nitro groups is 1. The Balaban J connectivity index is 2.03. The maximum Gasteiger partial charge on any atom is 0.290 e. The van der Waals surface area contributed by atoms with E-state index in [1.165, 1.54) is 6.20 Å². The van der Waals surface area contributed by atoms with Gasteiger partial charge in [0.2, 0.25) is 0 Å². The van der Waals surface area contributed by atoms with Gasteiger partial charge in [0.25, 0.3) is 5.69 Å². The van der Waals surface area contributed by atoms with Crippen LogP contribution in [-0.2, 0) is 6.54 Å². The van der Waals surface area contributed by atoms with Crippen LogP contribution in [0.1, 0.15) is 12.5 Å². The summed E-state index contributed by atoms with van der Waals surface area (Å²) in [7, 11) is 0. The van der Waals surface area contributed by atoms with Crippen molar-refractivity contribution in [2.45, 2.75) is 26.4 Å². The molecule has 1 atom stereocenters. The van der Waals surface area contributed by atoms with E-state index in [1.54, 1.807) is 19.2 Å². The lowest BCUT2D eigenvalue weighted by atomic mass is 10.2. The molecule has 0 spiro atoms. The summed E-state index contributed by atoms with van der Waals surface area (Å²) in [5.41, 5.74) is 0.624. The van der Waals surface area contributed by atoms with E-state index in [0.29, 0.717) is 17.9 Å². The van der Waals surface area contributed by atoms with Crippen LogP contribution in [0.4, 0.5) is 11.5 Å². The third-order valence-corrected chi connectivity index (χ3v) is 2.69. The van der Waals surface area contributed by atoms with Gasteiger partial charge in [0.1, 0.15) is 12.0 Å². The highest BCUT2D eigenvalue weighted by atomic mass is 16.6. The van der Waals surface area contributed by atoms with E-state index >= 15 is 0 Å². The number of anilines is 1. The summed E-state index contributed by atoms with van der Waals surface area (Å²) >= 11 is 0. The lowest BCUT2D eigenvalue weighted by molar-refractivity contribution is -0.385. The smallest absolute Gasteiger partial charge is 0.290 e. The molecule has 0 radical (unpaired) electrons. The minimum atomic E-state index is -0.431. The van der Waals surface area contributed by atoms with Crippen LogP contribution in [0.15, 0.2) is 30.7 Å². The normalized spacial score (nSPS) is 12.1. The van der Waals surface area contributed by atoms with Crippen LogP contribution in [0.5, 0.6) is 0 Å². The maximum atomic E-state index is 10.7. The topological polar surface area (TPSA) is 85.9 Å². The van der Waals surface area contributed by atoms with Crippen LogP contribution in [0.3, 0.4) is 0 Å². The predicted octanol–water partition coefficient (Wildman–Crippen LogP) is 2.00. The van der Waals surface area contributed by atoms with Gasteiger partial charge in [-0.25, -0.2) is 4.98 Å². The number of hydrogen-bond donors (Lipinski definition) is 1. The molecule has 0 aromatic carbocycles. The molecule has 1 N–H and O–H groups in total. The summed E-state index contributed by atoms with van der Waals surface area (Å²) in [4.78, 5) is 14.3. The maximum absolute atomic E-state index is 10.7. The molecule has 0 amide bonds. The van der Waals surface area contributed by atoms with Gasteiger partial charge in [0, 0.05) is 24.0 Å². The zero-order chi connectivity index (χ0) is 13.8.